The monoisotopic (exact) mass is 542 g/mol. The van der Waals surface area contributed by atoms with Gasteiger partial charge in [0.2, 0.25) is 0 Å². The maximum atomic E-state index is 13.8. The SMILES string of the molecule is CO[C@@H](Cc1ccc(OCCCOc2c(C(F)(F)F)cc(-c3ccccc3)cc2C(F)(F)F)cc1)C(=O)O. The third-order valence-electron chi connectivity index (χ3n) is 5.52. The van der Waals surface area contributed by atoms with Gasteiger partial charge in [0.25, 0.3) is 0 Å². The Labute approximate surface area is 214 Å². The highest BCUT2D eigenvalue weighted by Gasteiger charge is 2.42. The standard InChI is InChI=1S/C27H24F6O5/c1-36-23(25(34)35)14-17-8-10-20(11-9-17)37-12-5-13-38-24-21(26(28,29)30)15-19(16-22(24)27(31,32)33)18-6-3-2-4-7-18/h2-4,6-11,15-16,23H,5,12-14H2,1H3,(H,34,35)/t23-/m0/s1. The van der Waals surface area contributed by atoms with Crippen LogP contribution in [0.5, 0.6) is 11.5 Å². The van der Waals surface area contributed by atoms with Crippen molar-refractivity contribution < 1.29 is 50.5 Å². The fourth-order valence-electron chi connectivity index (χ4n) is 3.63. The lowest BCUT2D eigenvalue weighted by molar-refractivity contribution is -0.148. The Bertz CT molecular complexity index is 1170. The van der Waals surface area contributed by atoms with Crippen LogP contribution in [0.3, 0.4) is 0 Å². The highest BCUT2D eigenvalue weighted by molar-refractivity contribution is 5.72. The molecular weight excluding hydrogens is 518 g/mol. The van der Waals surface area contributed by atoms with Gasteiger partial charge in [0.05, 0.1) is 24.3 Å². The Kier molecular flexibility index (Phi) is 9.26. The van der Waals surface area contributed by atoms with Crippen molar-refractivity contribution in [2.24, 2.45) is 0 Å². The minimum Gasteiger partial charge on any atom is -0.493 e. The topological polar surface area (TPSA) is 65.0 Å². The molecule has 0 fully saturated rings. The van der Waals surface area contributed by atoms with Crippen LogP contribution in [0.4, 0.5) is 26.3 Å². The number of carbonyl (C=O) groups is 1. The van der Waals surface area contributed by atoms with E-state index in [0.29, 0.717) is 23.4 Å². The molecule has 0 radical (unpaired) electrons. The molecule has 0 amide bonds. The van der Waals surface area contributed by atoms with Crippen molar-refractivity contribution >= 4 is 5.97 Å². The zero-order valence-electron chi connectivity index (χ0n) is 20.1. The molecule has 3 aromatic carbocycles. The number of aliphatic carboxylic acids is 1. The predicted molar refractivity (Wildman–Crippen MR) is 126 cm³/mol. The van der Waals surface area contributed by atoms with Gasteiger partial charge in [-0.2, -0.15) is 26.3 Å². The summed E-state index contributed by atoms with van der Waals surface area (Å²) in [7, 11) is 1.28. The molecule has 0 spiro atoms. The number of alkyl halides is 6. The predicted octanol–water partition coefficient (Wildman–Crippen LogP) is 6.88. The zero-order chi connectivity index (χ0) is 27.9. The Hall–Kier alpha value is -3.73. The summed E-state index contributed by atoms with van der Waals surface area (Å²) in [6.07, 6.45) is -11.0. The Morgan fingerprint density at radius 2 is 1.37 bits per heavy atom. The minimum absolute atomic E-state index is 0.00153. The summed E-state index contributed by atoms with van der Waals surface area (Å²) in [5.41, 5.74) is -2.38. The fourth-order valence-corrected chi connectivity index (χ4v) is 3.63. The van der Waals surface area contributed by atoms with Crippen molar-refractivity contribution in [3.8, 4) is 22.6 Å². The summed E-state index contributed by atoms with van der Waals surface area (Å²) in [5, 5.41) is 9.04. The molecular formula is C27H24F6O5. The third kappa shape index (κ3) is 7.64. The van der Waals surface area contributed by atoms with Gasteiger partial charge in [0, 0.05) is 20.0 Å². The molecule has 38 heavy (non-hydrogen) atoms. The second-order valence-corrected chi connectivity index (χ2v) is 8.22. The van der Waals surface area contributed by atoms with Gasteiger partial charge in [-0.25, -0.2) is 4.79 Å². The molecule has 0 bridgehead atoms. The van der Waals surface area contributed by atoms with E-state index >= 15 is 0 Å². The number of methoxy groups -OCH3 is 1. The average molecular weight is 542 g/mol. The lowest BCUT2D eigenvalue weighted by atomic mass is 9.98. The van der Waals surface area contributed by atoms with Crippen LogP contribution in [-0.4, -0.2) is 37.5 Å². The van der Waals surface area contributed by atoms with E-state index in [1.54, 1.807) is 30.3 Å². The number of hydrogen-bond acceptors (Lipinski definition) is 4. The van der Waals surface area contributed by atoms with Crippen molar-refractivity contribution in [2.45, 2.75) is 31.3 Å². The smallest absolute Gasteiger partial charge is 0.420 e. The number of rotatable bonds is 11. The van der Waals surface area contributed by atoms with Gasteiger partial charge >= 0.3 is 18.3 Å². The first kappa shape index (κ1) is 28.8. The fraction of sp³-hybridized carbons (Fsp3) is 0.296. The quantitative estimate of drug-likeness (QED) is 0.211. The Morgan fingerprint density at radius 3 is 1.87 bits per heavy atom. The van der Waals surface area contributed by atoms with E-state index in [2.05, 4.69) is 0 Å². The van der Waals surface area contributed by atoms with Crippen molar-refractivity contribution in [3.05, 3.63) is 83.4 Å². The normalized spacial score (nSPS) is 12.7. The molecule has 0 saturated carbocycles. The summed E-state index contributed by atoms with van der Waals surface area (Å²) in [5.74, 6) is -2.00. The van der Waals surface area contributed by atoms with E-state index in [9.17, 15) is 31.1 Å². The van der Waals surface area contributed by atoms with Gasteiger partial charge in [0.15, 0.2) is 6.10 Å². The van der Waals surface area contributed by atoms with Crippen LogP contribution in [0.2, 0.25) is 0 Å². The largest absolute Gasteiger partial charge is 0.493 e. The number of ether oxygens (including phenoxy) is 3. The second kappa shape index (κ2) is 12.2. The number of halogens is 6. The first-order chi connectivity index (χ1) is 17.9. The van der Waals surface area contributed by atoms with Gasteiger partial charge in [-0.15, -0.1) is 0 Å². The van der Waals surface area contributed by atoms with E-state index in [1.165, 1.54) is 31.4 Å². The highest BCUT2D eigenvalue weighted by atomic mass is 19.4. The van der Waals surface area contributed by atoms with E-state index in [4.69, 9.17) is 19.3 Å². The van der Waals surface area contributed by atoms with Crippen LogP contribution >= 0.6 is 0 Å². The van der Waals surface area contributed by atoms with Gasteiger partial charge in [-0.1, -0.05) is 42.5 Å². The summed E-state index contributed by atoms with van der Waals surface area (Å²) in [6.45, 7) is -0.497. The molecule has 0 heterocycles. The van der Waals surface area contributed by atoms with Gasteiger partial charge < -0.3 is 19.3 Å². The molecule has 0 unspecified atom stereocenters. The molecule has 1 N–H and O–H groups in total. The van der Waals surface area contributed by atoms with Crippen LogP contribution < -0.4 is 9.47 Å². The van der Waals surface area contributed by atoms with Crippen molar-refractivity contribution in [3.63, 3.8) is 0 Å². The molecule has 3 aromatic rings. The molecule has 5 nitrogen and oxygen atoms in total. The summed E-state index contributed by atoms with van der Waals surface area (Å²) in [6, 6.07) is 15.1. The van der Waals surface area contributed by atoms with Gasteiger partial charge in [-0.05, 0) is 41.0 Å². The number of benzene rings is 3. The number of hydrogen-bond donors (Lipinski definition) is 1. The van der Waals surface area contributed by atoms with E-state index < -0.39 is 47.9 Å². The van der Waals surface area contributed by atoms with Gasteiger partial charge in [0.1, 0.15) is 11.5 Å². The van der Waals surface area contributed by atoms with Crippen molar-refractivity contribution in [1.82, 2.24) is 0 Å². The maximum absolute atomic E-state index is 13.8. The average Bonchev–Trinajstić information content (AvgIpc) is 2.86. The zero-order valence-corrected chi connectivity index (χ0v) is 20.1. The summed E-state index contributed by atoms with van der Waals surface area (Å²) >= 11 is 0. The summed E-state index contributed by atoms with van der Waals surface area (Å²) < 4.78 is 98.1. The molecule has 11 heteroatoms. The maximum Gasteiger partial charge on any atom is 0.420 e. The molecule has 204 valence electrons. The number of carboxylic acid groups (broad SMARTS) is 1. The third-order valence-corrected chi connectivity index (χ3v) is 5.52. The number of carboxylic acids is 1. The van der Waals surface area contributed by atoms with Crippen LogP contribution in [-0.2, 0) is 28.3 Å². The molecule has 0 aromatic heterocycles. The summed E-state index contributed by atoms with van der Waals surface area (Å²) in [4.78, 5) is 11.1. The molecule has 0 aliphatic carbocycles. The Morgan fingerprint density at radius 1 is 0.816 bits per heavy atom. The van der Waals surface area contributed by atoms with E-state index in [-0.39, 0.29) is 30.6 Å². The minimum atomic E-state index is -5.08. The first-order valence-electron chi connectivity index (χ1n) is 11.4. The van der Waals surface area contributed by atoms with E-state index in [0.717, 1.165) is 0 Å². The van der Waals surface area contributed by atoms with Crippen molar-refractivity contribution in [1.29, 1.82) is 0 Å². The first-order valence-corrected chi connectivity index (χ1v) is 11.4. The van der Waals surface area contributed by atoms with Crippen LogP contribution in [0.25, 0.3) is 11.1 Å². The van der Waals surface area contributed by atoms with Crippen LogP contribution in [0.1, 0.15) is 23.1 Å². The molecule has 3 rings (SSSR count). The lowest BCUT2D eigenvalue weighted by Crippen LogP contribution is -2.24. The molecule has 1 atom stereocenters. The molecule has 0 aliphatic heterocycles. The molecule has 0 saturated heterocycles. The second-order valence-electron chi connectivity index (χ2n) is 8.22. The van der Waals surface area contributed by atoms with Crippen LogP contribution in [0, 0.1) is 0 Å². The lowest BCUT2D eigenvalue weighted by Gasteiger charge is -2.21. The van der Waals surface area contributed by atoms with Gasteiger partial charge in [-0.3, -0.25) is 0 Å². The highest BCUT2D eigenvalue weighted by Crippen LogP contribution is 2.46. The van der Waals surface area contributed by atoms with Crippen molar-refractivity contribution in [2.75, 3.05) is 20.3 Å². The molecule has 0 aliphatic rings. The van der Waals surface area contributed by atoms with E-state index in [1.807, 2.05) is 0 Å². The van der Waals surface area contributed by atoms with Crippen LogP contribution in [0.15, 0.2) is 66.7 Å². The Balaban J connectivity index is 1.69.